The van der Waals surface area contributed by atoms with Crippen LogP contribution in [0.3, 0.4) is 0 Å². The number of benzene rings is 1. The van der Waals surface area contributed by atoms with Crippen molar-refractivity contribution in [3.63, 3.8) is 0 Å². The summed E-state index contributed by atoms with van der Waals surface area (Å²) in [7, 11) is 1.38. The van der Waals surface area contributed by atoms with Crippen molar-refractivity contribution in [1.82, 2.24) is 10.2 Å². The van der Waals surface area contributed by atoms with Crippen molar-refractivity contribution in [3.8, 4) is 0 Å². The Bertz CT molecular complexity index is 878. The molecule has 0 aliphatic carbocycles. The lowest BCUT2D eigenvalue weighted by Crippen LogP contribution is -2.34. The quantitative estimate of drug-likeness (QED) is 0.606. The molecule has 2 heterocycles. The Morgan fingerprint density at radius 3 is 2.63 bits per heavy atom. The molecule has 13 heteroatoms. The van der Waals surface area contributed by atoms with Crippen LogP contribution in [-0.4, -0.2) is 79.2 Å². The fourth-order valence-corrected chi connectivity index (χ4v) is 3.25. The first-order valence-electron chi connectivity index (χ1n) is 8.73. The summed E-state index contributed by atoms with van der Waals surface area (Å²) < 4.78 is 39.3. The lowest BCUT2D eigenvalue weighted by molar-refractivity contribution is -0.142. The number of carboxylic acids is 1. The molecule has 2 N–H and O–H groups in total. The number of rotatable bonds is 6. The Hall–Kier alpha value is -3.22. The van der Waals surface area contributed by atoms with E-state index in [2.05, 4.69) is 5.32 Å². The van der Waals surface area contributed by atoms with Gasteiger partial charge in [-0.15, -0.1) is 0 Å². The average Bonchev–Trinajstić information content (AvgIpc) is 3.21. The fraction of sp³-hybridized carbons (Fsp3) is 0.412. The van der Waals surface area contributed by atoms with Crippen molar-refractivity contribution in [2.75, 3.05) is 49.8 Å². The molecule has 0 aromatic heterocycles. The summed E-state index contributed by atoms with van der Waals surface area (Å²) in [4.78, 5) is 37.9. The smallest absolute Gasteiger partial charge is 0.414 e. The molecule has 1 unspecified atom stereocenters. The van der Waals surface area contributed by atoms with Crippen molar-refractivity contribution in [2.24, 2.45) is 0 Å². The number of carbonyl (C=O) groups is 3. The van der Waals surface area contributed by atoms with Crippen LogP contribution in [0.4, 0.5) is 25.0 Å². The number of hydrogen-bond donors (Lipinski definition) is 2. The van der Waals surface area contributed by atoms with Crippen LogP contribution in [0.2, 0.25) is 0 Å². The summed E-state index contributed by atoms with van der Waals surface area (Å²) in [5.41, 5.74) is -0.528. The standard InChI is InChI=1S/C17H18F2N4O6S/c1-28-16(30)20-4-10-5-23(17(27)29-10)9-2-11(18)15(12(19)3-9)22-6-13(24)21(8-22)7-14(25)26/h2-3,10H,4-8H2,1H3,(H,20,30)(H,25,26). The van der Waals surface area contributed by atoms with Gasteiger partial charge in [0.25, 0.3) is 5.17 Å². The number of nitrogens with zero attached hydrogens (tertiary/aromatic N) is 3. The third-order valence-corrected chi connectivity index (χ3v) is 4.82. The number of aliphatic carboxylic acids is 1. The number of halogens is 2. The largest absolute Gasteiger partial charge is 0.480 e. The number of anilines is 2. The highest BCUT2D eigenvalue weighted by atomic mass is 32.1. The van der Waals surface area contributed by atoms with Crippen molar-refractivity contribution in [3.05, 3.63) is 23.8 Å². The van der Waals surface area contributed by atoms with Crippen molar-refractivity contribution >= 4 is 46.7 Å². The van der Waals surface area contributed by atoms with Gasteiger partial charge in [0, 0.05) is 12.1 Å². The van der Waals surface area contributed by atoms with Gasteiger partial charge >= 0.3 is 12.1 Å². The molecule has 162 valence electrons. The van der Waals surface area contributed by atoms with Gasteiger partial charge < -0.3 is 29.7 Å². The number of thiocarbonyl (C=S) groups is 1. The maximum Gasteiger partial charge on any atom is 0.414 e. The second kappa shape index (κ2) is 8.65. The minimum absolute atomic E-state index is 0.0327. The summed E-state index contributed by atoms with van der Waals surface area (Å²) in [6.07, 6.45) is -1.39. The van der Waals surface area contributed by atoms with E-state index in [9.17, 15) is 23.2 Å². The van der Waals surface area contributed by atoms with E-state index in [-0.39, 0.29) is 37.2 Å². The van der Waals surface area contributed by atoms with Crippen molar-refractivity contribution < 1.29 is 37.7 Å². The van der Waals surface area contributed by atoms with E-state index in [0.29, 0.717) is 0 Å². The van der Waals surface area contributed by atoms with Gasteiger partial charge in [-0.25, -0.2) is 13.6 Å². The first-order chi connectivity index (χ1) is 14.2. The van der Waals surface area contributed by atoms with Gasteiger partial charge in [0.15, 0.2) is 11.6 Å². The molecule has 2 amide bonds. The highest BCUT2D eigenvalue weighted by molar-refractivity contribution is 7.80. The number of methoxy groups -OCH3 is 1. The number of amides is 2. The third kappa shape index (κ3) is 4.50. The number of hydrogen-bond acceptors (Lipinski definition) is 7. The maximum atomic E-state index is 14.7. The molecule has 30 heavy (non-hydrogen) atoms. The number of ether oxygens (including phenoxy) is 2. The van der Waals surface area contributed by atoms with Crippen LogP contribution in [0.5, 0.6) is 0 Å². The molecule has 1 aromatic carbocycles. The molecule has 1 aromatic rings. The van der Waals surface area contributed by atoms with Crippen LogP contribution in [0, 0.1) is 11.6 Å². The molecule has 10 nitrogen and oxygen atoms in total. The Morgan fingerprint density at radius 1 is 1.37 bits per heavy atom. The zero-order chi connectivity index (χ0) is 22.0. The molecular formula is C17H18F2N4O6S. The van der Waals surface area contributed by atoms with Gasteiger partial charge in [0.2, 0.25) is 5.91 Å². The van der Waals surface area contributed by atoms with E-state index < -0.39 is 47.9 Å². The highest BCUT2D eigenvalue weighted by Crippen LogP contribution is 2.32. The van der Waals surface area contributed by atoms with E-state index >= 15 is 0 Å². The Kier molecular flexibility index (Phi) is 6.20. The van der Waals surface area contributed by atoms with Crippen LogP contribution in [0.15, 0.2) is 12.1 Å². The predicted molar refractivity (Wildman–Crippen MR) is 103 cm³/mol. The third-order valence-electron chi connectivity index (χ3n) is 4.51. The average molecular weight is 444 g/mol. The Morgan fingerprint density at radius 2 is 2.03 bits per heavy atom. The molecule has 3 rings (SSSR count). The van der Waals surface area contributed by atoms with Crippen LogP contribution in [-0.2, 0) is 19.1 Å². The second-order valence-corrected chi connectivity index (χ2v) is 6.94. The lowest BCUT2D eigenvalue weighted by Gasteiger charge is -2.21. The van der Waals surface area contributed by atoms with Crippen molar-refractivity contribution in [2.45, 2.75) is 6.10 Å². The highest BCUT2D eigenvalue weighted by Gasteiger charge is 2.35. The summed E-state index contributed by atoms with van der Waals surface area (Å²) in [5, 5.41) is 11.7. The molecule has 2 fully saturated rings. The van der Waals surface area contributed by atoms with Crippen molar-refractivity contribution in [1.29, 1.82) is 0 Å². The molecule has 2 saturated heterocycles. The number of nitrogens with one attached hydrogen (secondary N) is 1. The molecule has 1 atom stereocenters. The van der Waals surface area contributed by atoms with Crippen LogP contribution in [0.25, 0.3) is 0 Å². The molecule has 2 aliphatic heterocycles. The minimum Gasteiger partial charge on any atom is -0.480 e. The molecule has 2 aliphatic rings. The van der Waals surface area contributed by atoms with E-state index in [1.165, 1.54) is 7.11 Å². The molecule has 0 radical (unpaired) electrons. The van der Waals surface area contributed by atoms with Gasteiger partial charge in [0.1, 0.15) is 18.3 Å². The summed E-state index contributed by atoms with van der Waals surface area (Å²) in [6, 6.07) is 1.92. The summed E-state index contributed by atoms with van der Waals surface area (Å²) in [6.45, 7) is -1.01. The zero-order valence-electron chi connectivity index (χ0n) is 15.8. The monoisotopic (exact) mass is 444 g/mol. The first kappa shape index (κ1) is 21.5. The van der Waals surface area contributed by atoms with Gasteiger partial charge in [-0.3, -0.25) is 14.5 Å². The van der Waals surface area contributed by atoms with Gasteiger partial charge in [-0.1, -0.05) is 0 Å². The zero-order valence-corrected chi connectivity index (χ0v) is 16.6. The van der Waals surface area contributed by atoms with Gasteiger partial charge in [-0.2, -0.15) is 0 Å². The van der Waals surface area contributed by atoms with E-state index in [0.717, 1.165) is 26.8 Å². The number of carboxylic acid groups (broad SMARTS) is 1. The summed E-state index contributed by atoms with van der Waals surface area (Å²) in [5.74, 6) is -3.79. The van der Waals surface area contributed by atoms with Gasteiger partial charge in [-0.05, 0) is 12.2 Å². The predicted octanol–water partition coefficient (Wildman–Crippen LogP) is 0.502. The molecule has 0 spiro atoms. The van der Waals surface area contributed by atoms with Crippen LogP contribution in [0.1, 0.15) is 0 Å². The fourth-order valence-electron chi connectivity index (χ4n) is 3.17. The summed E-state index contributed by atoms with van der Waals surface area (Å²) >= 11 is 4.83. The van der Waals surface area contributed by atoms with E-state index in [4.69, 9.17) is 26.8 Å². The minimum atomic E-state index is -1.23. The Labute approximate surface area is 174 Å². The maximum absolute atomic E-state index is 14.7. The lowest BCUT2D eigenvalue weighted by atomic mass is 10.2. The molecular weight excluding hydrogens is 426 g/mol. The topological polar surface area (TPSA) is 112 Å². The first-order valence-corrected chi connectivity index (χ1v) is 9.14. The number of carbonyl (C=O) groups excluding carboxylic acids is 2. The van der Waals surface area contributed by atoms with E-state index in [1.54, 1.807) is 0 Å². The Balaban J connectivity index is 1.74. The van der Waals surface area contributed by atoms with Crippen LogP contribution >= 0.6 is 12.2 Å². The normalized spacial score (nSPS) is 18.6. The molecule has 0 saturated carbocycles. The number of cyclic esters (lactones) is 1. The van der Waals surface area contributed by atoms with Gasteiger partial charge in [0.05, 0.1) is 39.1 Å². The van der Waals surface area contributed by atoms with Crippen LogP contribution < -0.4 is 15.1 Å². The molecule has 0 bridgehead atoms. The SMILES string of the molecule is COC(=S)NCC1CN(c2cc(F)c(N3CC(=O)N(CC(=O)O)C3)c(F)c2)C(=O)O1. The second-order valence-electron chi connectivity index (χ2n) is 6.57. The van der Waals surface area contributed by atoms with E-state index in [1.807, 2.05) is 0 Å².